The van der Waals surface area contributed by atoms with Gasteiger partial charge in [-0.2, -0.15) is 0 Å². The number of carbonyl (C=O) groups excluding carboxylic acids is 2. The van der Waals surface area contributed by atoms with E-state index in [1.165, 1.54) is 0 Å². The molecule has 1 aliphatic heterocycles. The van der Waals surface area contributed by atoms with Crippen LogP contribution in [-0.2, 0) is 20.7 Å². The number of morpholine rings is 1. The molecule has 6 heteroatoms. The van der Waals surface area contributed by atoms with E-state index in [-0.39, 0.29) is 18.4 Å². The third-order valence-corrected chi connectivity index (χ3v) is 5.83. The molecule has 1 saturated heterocycles. The van der Waals surface area contributed by atoms with Crippen molar-refractivity contribution in [3.05, 3.63) is 54.4 Å². The summed E-state index contributed by atoms with van der Waals surface area (Å²) in [5.41, 5.74) is 7.63. The summed E-state index contributed by atoms with van der Waals surface area (Å²) in [6.07, 6.45) is 6.82. The molecule has 2 N–H and O–H groups in total. The topological polar surface area (TPSA) is 85.5 Å². The molecule has 0 bridgehead atoms. The minimum Gasteiger partial charge on any atom is -0.367 e. The molecule has 2 aromatic rings. The molecule has 0 radical (unpaired) electrons. The van der Waals surface area contributed by atoms with Gasteiger partial charge in [-0.25, -0.2) is 0 Å². The monoisotopic (exact) mass is 379 g/mol. The molecule has 1 atom stereocenters. The second-order valence-corrected chi connectivity index (χ2v) is 7.71. The molecule has 28 heavy (non-hydrogen) atoms. The van der Waals surface area contributed by atoms with Gasteiger partial charge in [0.25, 0.3) is 5.91 Å². The number of benzene rings is 1. The number of hydrogen-bond acceptors (Lipinski definition) is 4. The van der Waals surface area contributed by atoms with Crippen LogP contribution < -0.4 is 5.73 Å². The zero-order chi connectivity index (χ0) is 19.6. The van der Waals surface area contributed by atoms with Crippen LogP contribution in [0.4, 0.5) is 0 Å². The molecule has 1 aliphatic carbocycles. The Morgan fingerprint density at radius 1 is 1.18 bits per heavy atom. The largest absolute Gasteiger partial charge is 0.367 e. The van der Waals surface area contributed by atoms with Crippen LogP contribution in [0, 0.1) is 5.92 Å². The second-order valence-electron chi connectivity index (χ2n) is 7.71. The fourth-order valence-electron chi connectivity index (χ4n) is 3.96. The highest BCUT2D eigenvalue weighted by Crippen LogP contribution is 2.31. The van der Waals surface area contributed by atoms with Crippen molar-refractivity contribution in [1.82, 2.24) is 9.88 Å². The lowest BCUT2D eigenvalue weighted by molar-refractivity contribution is -0.166. The molecule has 2 aliphatic rings. The van der Waals surface area contributed by atoms with Gasteiger partial charge in [-0.3, -0.25) is 14.6 Å². The van der Waals surface area contributed by atoms with E-state index in [1.54, 1.807) is 17.3 Å². The Kier molecular flexibility index (Phi) is 5.13. The second kappa shape index (κ2) is 7.72. The fraction of sp³-hybridized carbons (Fsp3) is 0.409. The van der Waals surface area contributed by atoms with E-state index in [0.717, 1.165) is 36.0 Å². The number of rotatable bonds is 5. The highest BCUT2D eigenvalue weighted by molar-refractivity contribution is 5.86. The maximum Gasteiger partial charge on any atom is 0.251 e. The average molecular weight is 379 g/mol. The van der Waals surface area contributed by atoms with Gasteiger partial charge in [0.1, 0.15) is 0 Å². The summed E-state index contributed by atoms with van der Waals surface area (Å²) >= 11 is 0. The van der Waals surface area contributed by atoms with E-state index < -0.39 is 11.5 Å². The summed E-state index contributed by atoms with van der Waals surface area (Å²) in [6, 6.07) is 11.9. The summed E-state index contributed by atoms with van der Waals surface area (Å²) in [6.45, 7) is 1.06. The Morgan fingerprint density at radius 2 is 1.96 bits per heavy atom. The molecule has 1 saturated carbocycles. The molecule has 1 aromatic carbocycles. The molecular weight excluding hydrogens is 354 g/mol. The van der Waals surface area contributed by atoms with E-state index >= 15 is 0 Å². The normalized spacial score (nSPS) is 22.5. The van der Waals surface area contributed by atoms with Gasteiger partial charge < -0.3 is 15.4 Å². The molecule has 2 fully saturated rings. The van der Waals surface area contributed by atoms with Crippen molar-refractivity contribution >= 4 is 11.8 Å². The molecule has 2 amide bonds. The Balaban J connectivity index is 1.56. The van der Waals surface area contributed by atoms with Crippen LogP contribution in [-0.4, -0.2) is 47.0 Å². The van der Waals surface area contributed by atoms with Gasteiger partial charge in [0.15, 0.2) is 5.60 Å². The molecule has 1 aromatic heterocycles. The number of pyridine rings is 1. The predicted octanol–water partition coefficient (Wildman–Crippen LogP) is 2.17. The molecule has 4 rings (SSSR count). The quantitative estimate of drug-likeness (QED) is 0.863. The molecule has 146 valence electrons. The Labute approximate surface area is 164 Å². The molecule has 2 heterocycles. The lowest BCUT2D eigenvalue weighted by Crippen LogP contribution is -2.62. The van der Waals surface area contributed by atoms with E-state index in [0.29, 0.717) is 19.6 Å². The van der Waals surface area contributed by atoms with Crippen molar-refractivity contribution in [3.8, 4) is 11.1 Å². The summed E-state index contributed by atoms with van der Waals surface area (Å²) in [7, 11) is 0. The highest BCUT2D eigenvalue weighted by Gasteiger charge is 2.45. The van der Waals surface area contributed by atoms with Gasteiger partial charge in [0.05, 0.1) is 13.2 Å². The number of carbonyl (C=O) groups is 2. The lowest BCUT2D eigenvalue weighted by atomic mass is 9.83. The first-order valence-corrected chi connectivity index (χ1v) is 9.79. The minimum atomic E-state index is -1.19. The van der Waals surface area contributed by atoms with Crippen LogP contribution in [0.3, 0.4) is 0 Å². The Bertz CT molecular complexity index is 866. The van der Waals surface area contributed by atoms with Gasteiger partial charge in [-0.15, -0.1) is 0 Å². The van der Waals surface area contributed by atoms with Gasteiger partial charge in [0, 0.05) is 31.3 Å². The first-order chi connectivity index (χ1) is 13.6. The first-order valence-electron chi connectivity index (χ1n) is 9.79. The van der Waals surface area contributed by atoms with E-state index in [1.807, 2.05) is 36.4 Å². The summed E-state index contributed by atoms with van der Waals surface area (Å²) in [5.74, 6) is -0.294. The number of ether oxygens (including phenoxy) is 1. The average Bonchev–Trinajstić information content (AvgIpc) is 2.67. The molecule has 0 unspecified atom stereocenters. The molecule has 6 nitrogen and oxygen atoms in total. The third-order valence-electron chi connectivity index (χ3n) is 5.83. The number of nitrogens with zero attached hydrogens (tertiary/aromatic N) is 2. The molecular formula is C22H25N3O3. The maximum absolute atomic E-state index is 12.7. The van der Waals surface area contributed by atoms with Crippen LogP contribution >= 0.6 is 0 Å². The van der Waals surface area contributed by atoms with E-state index in [9.17, 15) is 9.59 Å². The smallest absolute Gasteiger partial charge is 0.251 e. The SMILES string of the molecule is NC(=O)[C@@]1(Cc2cccc(-c3ccncc3)c2)CN(C(=O)C2CCC2)CCO1. The van der Waals surface area contributed by atoms with Crippen molar-refractivity contribution in [2.45, 2.75) is 31.3 Å². The van der Waals surface area contributed by atoms with Crippen molar-refractivity contribution < 1.29 is 14.3 Å². The fourth-order valence-corrected chi connectivity index (χ4v) is 3.96. The number of hydrogen-bond donors (Lipinski definition) is 1. The Hall–Kier alpha value is -2.73. The van der Waals surface area contributed by atoms with Crippen molar-refractivity contribution in [1.29, 1.82) is 0 Å². The van der Waals surface area contributed by atoms with Crippen LogP contribution in [0.1, 0.15) is 24.8 Å². The lowest BCUT2D eigenvalue weighted by Gasteiger charge is -2.42. The maximum atomic E-state index is 12.7. The van der Waals surface area contributed by atoms with Gasteiger partial charge in [-0.05, 0) is 41.7 Å². The Morgan fingerprint density at radius 3 is 2.64 bits per heavy atom. The number of nitrogens with two attached hydrogens (primary N) is 1. The zero-order valence-electron chi connectivity index (χ0n) is 15.8. The summed E-state index contributed by atoms with van der Waals surface area (Å²) in [5, 5.41) is 0. The van der Waals surface area contributed by atoms with Crippen molar-refractivity contribution in [2.75, 3.05) is 19.7 Å². The number of amides is 2. The van der Waals surface area contributed by atoms with Crippen molar-refractivity contribution in [2.24, 2.45) is 11.7 Å². The number of primary amides is 1. The third kappa shape index (κ3) is 3.64. The van der Waals surface area contributed by atoms with Crippen LogP contribution in [0.5, 0.6) is 0 Å². The molecule has 0 spiro atoms. The first kappa shape index (κ1) is 18.6. The number of aromatic nitrogens is 1. The zero-order valence-corrected chi connectivity index (χ0v) is 15.8. The summed E-state index contributed by atoms with van der Waals surface area (Å²) in [4.78, 5) is 30.9. The standard InChI is InChI=1S/C22H25N3O3/c23-21(27)22(15-25(11-12-28-22)20(26)18-4-2-5-18)14-16-3-1-6-19(13-16)17-7-9-24-10-8-17/h1,3,6-10,13,18H,2,4-5,11-12,14-15H2,(H2,23,27)/t22-/m1/s1. The van der Waals surface area contributed by atoms with E-state index in [4.69, 9.17) is 10.5 Å². The van der Waals surface area contributed by atoms with Crippen LogP contribution in [0.2, 0.25) is 0 Å². The van der Waals surface area contributed by atoms with Gasteiger partial charge >= 0.3 is 0 Å². The predicted molar refractivity (Wildman–Crippen MR) is 105 cm³/mol. The van der Waals surface area contributed by atoms with Crippen molar-refractivity contribution in [3.63, 3.8) is 0 Å². The van der Waals surface area contributed by atoms with Gasteiger partial charge in [-0.1, -0.05) is 30.7 Å². The summed E-state index contributed by atoms with van der Waals surface area (Å²) < 4.78 is 5.91. The van der Waals surface area contributed by atoms with Crippen LogP contribution in [0.15, 0.2) is 48.8 Å². The van der Waals surface area contributed by atoms with Gasteiger partial charge in [0.2, 0.25) is 5.91 Å². The highest BCUT2D eigenvalue weighted by atomic mass is 16.5. The minimum absolute atomic E-state index is 0.0960. The van der Waals surface area contributed by atoms with E-state index in [2.05, 4.69) is 4.98 Å². The van der Waals surface area contributed by atoms with Crippen LogP contribution in [0.25, 0.3) is 11.1 Å².